The van der Waals surface area contributed by atoms with E-state index >= 15 is 0 Å². The zero-order valence-corrected chi connectivity index (χ0v) is 13.3. The normalized spacial score (nSPS) is 14.8. The van der Waals surface area contributed by atoms with E-state index in [1.807, 2.05) is 0 Å². The molecule has 0 radical (unpaired) electrons. The van der Waals surface area contributed by atoms with Gasteiger partial charge >= 0.3 is 5.97 Å². The lowest BCUT2D eigenvalue weighted by atomic mass is 10.1. The molecule has 6 nitrogen and oxygen atoms in total. The van der Waals surface area contributed by atoms with Crippen LogP contribution in [0, 0.1) is 5.92 Å². The van der Waals surface area contributed by atoms with Crippen molar-refractivity contribution in [2.75, 3.05) is 6.54 Å². The Labute approximate surface area is 139 Å². The first-order chi connectivity index (χ1) is 11.0. The van der Waals surface area contributed by atoms with E-state index in [1.165, 1.54) is 0 Å². The lowest BCUT2D eigenvalue weighted by Gasteiger charge is -2.13. The number of carbonyl (C=O) groups is 3. The van der Waals surface area contributed by atoms with Gasteiger partial charge in [-0.3, -0.25) is 9.59 Å². The minimum atomic E-state index is -0.989. The van der Waals surface area contributed by atoms with Crippen molar-refractivity contribution in [3.05, 3.63) is 34.9 Å². The van der Waals surface area contributed by atoms with Crippen LogP contribution in [0.25, 0.3) is 0 Å². The highest BCUT2D eigenvalue weighted by atomic mass is 35.5. The maximum absolute atomic E-state index is 11.8. The average Bonchev–Trinajstić information content (AvgIpc) is 3.34. The molecule has 0 bridgehead atoms. The van der Waals surface area contributed by atoms with Crippen molar-refractivity contribution < 1.29 is 19.5 Å². The molecule has 1 atom stereocenters. The van der Waals surface area contributed by atoms with E-state index < -0.39 is 12.0 Å². The van der Waals surface area contributed by atoms with Crippen LogP contribution < -0.4 is 10.6 Å². The summed E-state index contributed by atoms with van der Waals surface area (Å²) in [5, 5.41) is 14.8. The van der Waals surface area contributed by atoms with E-state index in [-0.39, 0.29) is 24.2 Å². The molecule has 7 heteroatoms. The van der Waals surface area contributed by atoms with Gasteiger partial charge in [-0.15, -0.1) is 0 Å². The first-order valence-electron chi connectivity index (χ1n) is 7.53. The molecule has 0 saturated heterocycles. The minimum absolute atomic E-state index is 0.0565. The second-order valence-electron chi connectivity index (χ2n) is 5.59. The molecule has 1 saturated carbocycles. The third-order valence-electron chi connectivity index (χ3n) is 3.65. The highest BCUT2D eigenvalue weighted by molar-refractivity contribution is 6.30. The summed E-state index contributed by atoms with van der Waals surface area (Å²) in [7, 11) is 0. The predicted molar refractivity (Wildman–Crippen MR) is 85.3 cm³/mol. The first kappa shape index (κ1) is 17.3. The first-order valence-corrected chi connectivity index (χ1v) is 7.91. The summed E-state index contributed by atoms with van der Waals surface area (Å²) in [6.07, 6.45) is 2.31. The van der Waals surface area contributed by atoms with Gasteiger partial charge in [-0.1, -0.05) is 11.6 Å². The standard InChI is InChI=1S/C16H19ClN2O4/c17-12-7-5-11(6-8-12)15(21)18-9-1-2-13(20)19-14(16(22)23)10-3-4-10/h5-8,10,14H,1-4,9H2,(H,18,21)(H,19,20)(H,22,23). The van der Waals surface area contributed by atoms with Crippen molar-refractivity contribution >= 4 is 29.4 Å². The smallest absolute Gasteiger partial charge is 0.326 e. The number of aliphatic carboxylic acids is 1. The average molecular weight is 339 g/mol. The molecule has 0 aromatic heterocycles. The number of benzene rings is 1. The predicted octanol–water partition coefficient (Wildman–Crippen LogP) is 1.83. The van der Waals surface area contributed by atoms with Crippen LogP contribution in [-0.4, -0.2) is 35.5 Å². The fourth-order valence-electron chi connectivity index (χ4n) is 2.21. The van der Waals surface area contributed by atoms with Crippen LogP contribution >= 0.6 is 11.6 Å². The number of carboxylic acid groups (broad SMARTS) is 1. The van der Waals surface area contributed by atoms with Gasteiger partial charge in [0.2, 0.25) is 5.91 Å². The maximum Gasteiger partial charge on any atom is 0.326 e. The lowest BCUT2D eigenvalue weighted by molar-refractivity contribution is -0.142. The Morgan fingerprint density at radius 1 is 1.22 bits per heavy atom. The van der Waals surface area contributed by atoms with Crippen LogP contribution in [-0.2, 0) is 9.59 Å². The van der Waals surface area contributed by atoms with Gasteiger partial charge in [-0.25, -0.2) is 4.79 Å². The summed E-state index contributed by atoms with van der Waals surface area (Å²) >= 11 is 5.75. The Morgan fingerprint density at radius 3 is 2.43 bits per heavy atom. The monoisotopic (exact) mass is 338 g/mol. The number of halogens is 1. The van der Waals surface area contributed by atoms with Gasteiger partial charge in [-0.2, -0.15) is 0 Å². The fraction of sp³-hybridized carbons (Fsp3) is 0.438. The molecule has 1 unspecified atom stereocenters. The molecule has 0 aliphatic heterocycles. The molecule has 1 aliphatic rings. The number of carbonyl (C=O) groups excluding carboxylic acids is 2. The Kier molecular flexibility index (Phi) is 5.98. The third kappa shape index (κ3) is 5.56. The van der Waals surface area contributed by atoms with E-state index in [1.54, 1.807) is 24.3 Å². The highest BCUT2D eigenvalue weighted by Gasteiger charge is 2.37. The zero-order chi connectivity index (χ0) is 16.8. The Balaban J connectivity index is 1.66. The number of hydrogen-bond donors (Lipinski definition) is 3. The molecule has 3 N–H and O–H groups in total. The third-order valence-corrected chi connectivity index (χ3v) is 3.90. The molecular formula is C16H19ClN2O4. The van der Waals surface area contributed by atoms with Crippen LogP contribution in [0.15, 0.2) is 24.3 Å². The largest absolute Gasteiger partial charge is 0.480 e. The van der Waals surface area contributed by atoms with Crippen LogP contribution in [0.4, 0.5) is 0 Å². The summed E-state index contributed by atoms with van der Waals surface area (Å²) in [4.78, 5) is 34.6. The SMILES string of the molecule is O=C(CCCNC(=O)c1ccc(Cl)cc1)NC(C(=O)O)C1CC1. The van der Waals surface area contributed by atoms with Gasteiger partial charge in [0.05, 0.1) is 0 Å². The quantitative estimate of drug-likeness (QED) is 0.630. The van der Waals surface area contributed by atoms with E-state index in [0.29, 0.717) is 23.6 Å². The molecule has 1 aliphatic carbocycles. The lowest BCUT2D eigenvalue weighted by Crippen LogP contribution is -2.42. The Morgan fingerprint density at radius 2 is 1.87 bits per heavy atom. The van der Waals surface area contributed by atoms with Gasteiger partial charge in [0.15, 0.2) is 0 Å². The molecule has 0 spiro atoms. The van der Waals surface area contributed by atoms with Crippen molar-refractivity contribution in [3.8, 4) is 0 Å². The van der Waals surface area contributed by atoms with Crippen molar-refractivity contribution in [2.24, 2.45) is 5.92 Å². The van der Waals surface area contributed by atoms with Crippen molar-refractivity contribution in [2.45, 2.75) is 31.7 Å². The number of rotatable bonds is 8. The molecule has 23 heavy (non-hydrogen) atoms. The minimum Gasteiger partial charge on any atom is -0.480 e. The molecular weight excluding hydrogens is 320 g/mol. The second-order valence-corrected chi connectivity index (χ2v) is 6.02. The molecule has 2 amide bonds. The van der Waals surface area contributed by atoms with Crippen LogP contribution in [0.5, 0.6) is 0 Å². The van der Waals surface area contributed by atoms with E-state index in [2.05, 4.69) is 10.6 Å². The Hall–Kier alpha value is -2.08. The van der Waals surface area contributed by atoms with E-state index in [0.717, 1.165) is 12.8 Å². The summed E-state index contributed by atoms with van der Waals surface area (Å²) in [5.74, 6) is -1.47. The van der Waals surface area contributed by atoms with Gasteiger partial charge in [0, 0.05) is 23.6 Å². The van der Waals surface area contributed by atoms with E-state index in [4.69, 9.17) is 16.7 Å². The van der Waals surface area contributed by atoms with Crippen LogP contribution in [0.2, 0.25) is 5.02 Å². The van der Waals surface area contributed by atoms with Gasteiger partial charge < -0.3 is 15.7 Å². The highest BCUT2D eigenvalue weighted by Crippen LogP contribution is 2.32. The number of carboxylic acids is 1. The van der Waals surface area contributed by atoms with Crippen molar-refractivity contribution in [1.29, 1.82) is 0 Å². The van der Waals surface area contributed by atoms with Gasteiger partial charge in [0.1, 0.15) is 6.04 Å². The fourth-order valence-corrected chi connectivity index (χ4v) is 2.34. The number of hydrogen-bond acceptors (Lipinski definition) is 3. The summed E-state index contributed by atoms with van der Waals surface area (Å²) in [6.45, 7) is 0.343. The molecule has 0 heterocycles. The molecule has 124 valence electrons. The number of amides is 2. The Bertz CT molecular complexity index is 584. The number of nitrogens with one attached hydrogen (secondary N) is 2. The summed E-state index contributed by atoms with van der Waals surface area (Å²) < 4.78 is 0. The molecule has 1 fully saturated rings. The van der Waals surface area contributed by atoms with E-state index in [9.17, 15) is 14.4 Å². The topological polar surface area (TPSA) is 95.5 Å². The van der Waals surface area contributed by atoms with Gasteiger partial charge in [0.25, 0.3) is 5.91 Å². The maximum atomic E-state index is 11.8. The zero-order valence-electron chi connectivity index (χ0n) is 12.5. The van der Waals surface area contributed by atoms with Crippen molar-refractivity contribution in [1.82, 2.24) is 10.6 Å². The van der Waals surface area contributed by atoms with Crippen LogP contribution in [0.3, 0.4) is 0 Å². The summed E-state index contributed by atoms with van der Waals surface area (Å²) in [5.41, 5.74) is 0.499. The second kappa shape index (κ2) is 7.97. The van der Waals surface area contributed by atoms with Crippen LogP contribution in [0.1, 0.15) is 36.0 Å². The molecule has 1 aromatic carbocycles. The molecule has 1 aromatic rings. The van der Waals surface area contributed by atoms with Gasteiger partial charge in [-0.05, 0) is 49.4 Å². The van der Waals surface area contributed by atoms with Crippen molar-refractivity contribution in [3.63, 3.8) is 0 Å². The molecule has 2 rings (SSSR count). The summed E-state index contributed by atoms with van der Waals surface area (Å²) in [6, 6.07) is 5.72.